The predicted molar refractivity (Wildman–Crippen MR) is 45.1 cm³/mol. The molecule has 0 aliphatic carbocycles. The SMILES string of the molecule is FC(F)c1[nH]ncc1C1CNCCO1. The Morgan fingerprint density at radius 2 is 2.43 bits per heavy atom. The Labute approximate surface area is 79.6 Å². The molecular weight excluding hydrogens is 192 g/mol. The molecule has 0 spiro atoms. The van der Waals surface area contributed by atoms with E-state index < -0.39 is 6.43 Å². The molecule has 0 saturated carbocycles. The second-order valence-electron chi connectivity index (χ2n) is 3.10. The standard InChI is InChI=1S/C8H11F2N3O/c9-8(10)7-5(3-12-13-7)6-4-11-1-2-14-6/h3,6,8,11H,1-2,4H2,(H,12,13). The van der Waals surface area contributed by atoms with Crippen LogP contribution in [0, 0.1) is 0 Å². The Kier molecular flexibility index (Phi) is 2.74. The Morgan fingerprint density at radius 3 is 3.07 bits per heavy atom. The molecule has 0 radical (unpaired) electrons. The second kappa shape index (κ2) is 4.02. The van der Waals surface area contributed by atoms with Gasteiger partial charge in [0.2, 0.25) is 0 Å². The van der Waals surface area contributed by atoms with Crippen LogP contribution < -0.4 is 5.32 Å². The minimum Gasteiger partial charge on any atom is -0.371 e. The van der Waals surface area contributed by atoms with Gasteiger partial charge in [-0.3, -0.25) is 5.10 Å². The van der Waals surface area contributed by atoms with Crippen LogP contribution in [0.15, 0.2) is 6.20 Å². The van der Waals surface area contributed by atoms with Gasteiger partial charge in [-0.1, -0.05) is 0 Å². The first-order valence-corrected chi connectivity index (χ1v) is 4.42. The number of nitrogens with one attached hydrogen (secondary N) is 2. The zero-order chi connectivity index (χ0) is 9.97. The molecule has 0 amide bonds. The van der Waals surface area contributed by atoms with Crippen LogP contribution >= 0.6 is 0 Å². The van der Waals surface area contributed by atoms with Crippen molar-refractivity contribution in [2.24, 2.45) is 0 Å². The van der Waals surface area contributed by atoms with Gasteiger partial charge in [-0.25, -0.2) is 8.78 Å². The van der Waals surface area contributed by atoms with Crippen molar-refractivity contribution in [1.29, 1.82) is 0 Å². The lowest BCUT2D eigenvalue weighted by atomic mass is 10.1. The molecule has 1 saturated heterocycles. The Balaban J connectivity index is 2.17. The molecule has 1 aliphatic heterocycles. The summed E-state index contributed by atoms with van der Waals surface area (Å²) in [4.78, 5) is 0. The van der Waals surface area contributed by atoms with E-state index in [1.165, 1.54) is 6.20 Å². The summed E-state index contributed by atoms with van der Waals surface area (Å²) in [6.45, 7) is 1.86. The molecule has 1 aromatic heterocycles. The van der Waals surface area contributed by atoms with Crippen LogP contribution in [0.5, 0.6) is 0 Å². The molecule has 4 nitrogen and oxygen atoms in total. The monoisotopic (exact) mass is 203 g/mol. The summed E-state index contributed by atoms with van der Waals surface area (Å²) >= 11 is 0. The van der Waals surface area contributed by atoms with Gasteiger partial charge in [-0.05, 0) is 0 Å². The lowest BCUT2D eigenvalue weighted by molar-refractivity contribution is 0.0245. The van der Waals surface area contributed by atoms with Crippen molar-refractivity contribution < 1.29 is 13.5 Å². The number of morpholine rings is 1. The fourth-order valence-electron chi connectivity index (χ4n) is 1.50. The molecular formula is C8H11F2N3O. The van der Waals surface area contributed by atoms with Crippen LogP contribution in [-0.4, -0.2) is 29.9 Å². The number of aromatic amines is 1. The lowest BCUT2D eigenvalue weighted by Gasteiger charge is -2.23. The number of hydrogen-bond donors (Lipinski definition) is 2. The minimum absolute atomic E-state index is 0.140. The second-order valence-corrected chi connectivity index (χ2v) is 3.10. The number of rotatable bonds is 2. The molecule has 1 aromatic rings. The first-order chi connectivity index (χ1) is 6.79. The highest BCUT2D eigenvalue weighted by Crippen LogP contribution is 2.27. The molecule has 1 unspecified atom stereocenters. The smallest absolute Gasteiger partial charge is 0.280 e. The van der Waals surface area contributed by atoms with E-state index in [1.807, 2.05) is 0 Å². The van der Waals surface area contributed by atoms with Gasteiger partial charge in [-0.2, -0.15) is 5.10 Å². The molecule has 14 heavy (non-hydrogen) atoms. The average molecular weight is 203 g/mol. The maximum atomic E-state index is 12.5. The molecule has 0 bridgehead atoms. The summed E-state index contributed by atoms with van der Waals surface area (Å²) in [5.74, 6) is 0. The van der Waals surface area contributed by atoms with E-state index in [0.717, 1.165) is 6.54 Å². The van der Waals surface area contributed by atoms with Crippen molar-refractivity contribution in [1.82, 2.24) is 15.5 Å². The highest BCUT2D eigenvalue weighted by atomic mass is 19.3. The number of aromatic nitrogens is 2. The fraction of sp³-hybridized carbons (Fsp3) is 0.625. The molecule has 6 heteroatoms. The Morgan fingerprint density at radius 1 is 1.57 bits per heavy atom. The van der Waals surface area contributed by atoms with Crippen LogP contribution in [-0.2, 0) is 4.74 Å². The van der Waals surface area contributed by atoms with Crippen LogP contribution in [0.2, 0.25) is 0 Å². The van der Waals surface area contributed by atoms with Crippen LogP contribution in [0.3, 0.4) is 0 Å². The molecule has 78 valence electrons. The molecule has 1 aliphatic rings. The average Bonchev–Trinajstić information content (AvgIpc) is 2.67. The minimum atomic E-state index is -2.53. The molecule has 2 heterocycles. The Bertz CT molecular complexity index is 297. The number of nitrogens with zero attached hydrogens (tertiary/aromatic N) is 1. The molecule has 0 aromatic carbocycles. The van der Waals surface area contributed by atoms with Crippen molar-refractivity contribution in [2.75, 3.05) is 19.7 Å². The third-order valence-electron chi connectivity index (χ3n) is 2.19. The number of hydrogen-bond acceptors (Lipinski definition) is 3. The zero-order valence-corrected chi connectivity index (χ0v) is 7.46. The third-order valence-corrected chi connectivity index (χ3v) is 2.19. The first-order valence-electron chi connectivity index (χ1n) is 4.42. The van der Waals surface area contributed by atoms with E-state index in [1.54, 1.807) is 0 Å². The third kappa shape index (κ3) is 1.76. The van der Waals surface area contributed by atoms with Crippen molar-refractivity contribution in [3.63, 3.8) is 0 Å². The highest BCUT2D eigenvalue weighted by molar-refractivity contribution is 5.21. The van der Waals surface area contributed by atoms with Gasteiger partial charge >= 0.3 is 0 Å². The van der Waals surface area contributed by atoms with Crippen molar-refractivity contribution in [2.45, 2.75) is 12.5 Å². The highest BCUT2D eigenvalue weighted by Gasteiger charge is 2.24. The van der Waals surface area contributed by atoms with Gasteiger partial charge in [-0.15, -0.1) is 0 Å². The summed E-state index contributed by atoms with van der Waals surface area (Å²) in [5.41, 5.74) is 0.311. The fourth-order valence-corrected chi connectivity index (χ4v) is 1.50. The molecule has 2 rings (SSSR count). The summed E-state index contributed by atoms with van der Waals surface area (Å²) in [6, 6.07) is 0. The van der Waals surface area contributed by atoms with E-state index in [-0.39, 0.29) is 11.8 Å². The van der Waals surface area contributed by atoms with Crippen LogP contribution in [0.4, 0.5) is 8.78 Å². The van der Waals surface area contributed by atoms with E-state index in [4.69, 9.17) is 4.74 Å². The van der Waals surface area contributed by atoms with Crippen molar-refractivity contribution >= 4 is 0 Å². The quantitative estimate of drug-likeness (QED) is 0.754. The maximum Gasteiger partial charge on any atom is 0.280 e. The number of alkyl halides is 2. The summed E-state index contributed by atoms with van der Waals surface area (Å²) in [7, 11) is 0. The van der Waals surface area contributed by atoms with Crippen LogP contribution in [0.25, 0.3) is 0 Å². The van der Waals surface area contributed by atoms with Gasteiger partial charge in [0.05, 0.1) is 18.9 Å². The normalized spacial score (nSPS) is 22.9. The van der Waals surface area contributed by atoms with Crippen LogP contribution in [0.1, 0.15) is 23.8 Å². The van der Waals surface area contributed by atoms with E-state index in [2.05, 4.69) is 15.5 Å². The van der Waals surface area contributed by atoms with Gasteiger partial charge in [0, 0.05) is 18.7 Å². The van der Waals surface area contributed by atoms with Gasteiger partial charge < -0.3 is 10.1 Å². The van der Waals surface area contributed by atoms with Gasteiger partial charge in [0.15, 0.2) is 0 Å². The molecule has 1 fully saturated rings. The predicted octanol–water partition coefficient (Wildman–Crippen LogP) is 1.01. The molecule has 2 N–H and O–H groups in total. The van der Waals surface area contributed by atoms with Crippen molar-refractivity contribution in [3.05, 3.63) is 17.5 Å². The number of halogens is 2. The van der Waals surface area contributed by atoms with Gasteiger partial charge in [0.1, 0.15) is 5.69 Å². The van der Waals surface area contributed by atoms with Gasteiger partial charge in [0.25, 0.3) is 6.43 Å². The summed E-state index contributed by atoms with van der Waals surface area (Å²) < 4.78 is 30.3. The first kappa shape index (κ1) is 9.54. The Hall–Kier alpha value is -1.01. The summed E-state index contributed by atoms with van der Waals surface area (Å²) in [5, 5.41) is 8.98. The zero-order valence-electron chi connectivity index (χ0n) is 7.46. The number of ether oxygens (including phenoxy) is 1. The topological polar surface area (TPSA) is 49.9 Å². The lowest BCUT2D eigenvalue weighted by Crippen LogP contribution is -2.33. The summed E-state index contributed by atoms with van der Waals surface area (Å²) in [6.07, 6.45) is -1.44. The molecule has 1 atom stereocenters. The van der Waals surface area contributed by atoms with E-state index >= 15 is 0 Å². The number of H-pyrrole nitrogens is 1. The van der Waals surface area contributed by atoms with E-state index in [0.29, 0.717) is 18.7 Å². The van der Waals surface area contributed by atoms with Crippen molar-refractivity contribution in [3.8, 4) is 0 Å². The van der Waals surface area contributed by atoms with E-state index in [9.17, 15) is 8.78 Å². The largest absolute Gasteiger partial charge is 0.371 e. The maximum absolute atomic E-state index is 12.5.